The Labute approximate surface area is 196 Å². The van der Waals surface area contributed by atoms with E-state index < -0.39 is 0 Å². The molecule has 34 heavy (non-hydrogen) atoms. The number of hydrogen-bond acceptors (Lipinski definition) is 6. The molecule has 1 atom stereocenters. The van der Waals surface area contributed by atoms with Gasteiger partial charge in [0.2, 0.25) is 5.88 Å². The third kappa shape index (κ3) is 3.33. The number of aromatic nitrogens is 4. The molecule has 1 N–H and O–H groups in total. The highest BCUT2D eigenvalue weighted by Crippen LogP contribution is 2.48. The van der Waals surface area contributed by atoms with E-state index >= 15 is 0 Å². The Hall–Kier alpha value is -4.39. The van der Waals surface area contributed by atoms with Crippen molar-refractivity contribution in [2.75, 3.05) is 0 Å². The number of nitrogens with zero attached hydrogens (tertiary/aromatic N) is 4. The number of para-hydroxylation sites is 1. The van der Waals surface area contributed by atoms with E-state index in [1.807, 2.05) is 56.3 Å². The number of benzene rings is 3. The summed E-state index contributed by atoms with van der Waals surface area (Å²) in [6.07, 6.45) is 1.60. The van der Waals surface area contributed by atoms with E-state index in [0.717, 1.165) is 33.6 Å². The Kier molecular flexibility index (Phi) is 4.69. The minimum Gasteiger partial charge on any atom is -0.508 e. The lowest BCUT2D eigenvalue weighted by Gasteiger charge is -2.27. The van der Waals surface area contributed by atoms with Crippen molar-refractivity contribution in [2.45, 2.75) is 26.4 Å². The van der Waals surface area contributed by atoms with Crippen LogP contribution in [0.5, 0.6) is 23.1 Å². The maximum Gasteiger partial charge on any atom is 0.228 e. The fourth-order valence-electron chi connectivity index (χ4n) is 4.56. The average Bonchev–Trinajstić information content (AvgIpc) is 3.26. The Morgan fingerprint density at radius 1 is 1.00 bits per heavy atom. The van der Waals surface area contributed by atoms with E-state index in [0.29, 0.717) is 23.1 Å². The van der Waals surface area contributed by atoms with Gasteiger partial charge in [0.05, 0.1) is 5.56 Å². The molecule has 1 aliphatic heterocycles. The van der Waals surface area contributed by atoms with Crippen LogP contribution in [0.4, 0.5) is 0 Å². The van der Waals surface area contributed by atoms with Gasteiger partial charge in [-0.1, -0.05) is 54.6 Å². The Morgan fingerprint density at radius 3 is 2.59 bits per heavy atom. The summed E-state index contributed by atoms with van der Waals surface area (Å²) < 4.78 is 13.9. The molecule has 0 unspecified atom stereocenters. The lowest BCUT2D eigenvalue weighted by molar-refractivity contribution is 0.292. The first-order valence-electron chi connectivity index (χ1n) is 11.1. The first kappa shape index (κ1) is 20.2. The van der Waals surface area contributed by atoms with Crippen molar-refractivity contribution in [1.82, 2.24) is 19.6 Å². The number of phenolic OH excluding ortho intramolecular Hbond substituents is 1. The van der Waals surface area contributed by atoms with Crippen molar-refractivity contribution < 1.29 is 14.6 Å². The van der Waals surface area contributed by atoms with E-state index in [1.54, 1.807) is 23.0 Å². The van der Waals surface area contributed by atoms with Crippen molar-refractivity contribution in [1.29, 1.82) is 0 Å². The van der Waals surface area contributed by atoms with E-state index in [4.69, 9.17) is 14.5 Å². The normalized spacial score (nSPS) is 14.4. The number of phenols is 1. The Morgan fingerprint density at radius 2 is 1.79 bits per heavy atom. The minimum atomic E-state index is -0.173. The van der Waals surface area contributed by atoms with Gasteiger partial charge in [-0.05, 0) is 36.6 Å². The van der Waals surface area contributed by atoms with Crippen LogP contribution in [0.15, 0.2) is 73.1 Å². The summed E-state index contributed by atoms with van der Waals surface area (Å²) in [6, 6.07) is 21.4. The third-order valence-corrected chi connectivity index (χ3v) is 6.12. The number of ether oxygens (including phenoxy) is 2. The van der Waals surface area contributed by atoms with Crippen molar-refractivity contribution in [3.8, 4) is 23.1 Å². The van der Waals surface area contributed by atoms with Gasteiger partial charge in [0.25, 0.3) is 0 Å². The number of hydrogen-bond donors (Lipinski definition) is 1. The van der Waals surface area contributed by atoms with Crippen molar-refractivity contribution >= 4 is 5.65 Å². The van der Waals surface area contributed by atoms with Crippen LogP contribution in [-0.4, -0.2) is 24.7 Å². The van der Waals surface area contributed by atoms with Crippen LogP contribution < -0.4 is 9.47 Å². The monoisotopic (exact) mass is 450 g/mol. The predicted octanol–water partition coefficient (Wildman–Crippen LogP) is 5.31. The maximum atomic E-state index is 10.0. The van der Waals surface area contributed by atoms with Crippen LogP contribution in [0.1, 0.15) is 39.6 Å². The van der Waals surface area contributed by atoms with Gasteiger partial charge in [-0.2, -0.15) is 0 Å². The first-order chi connectivity index (χ1) is 16.6. The zero-order valence-corrected chi connectivity index (χ0v) is 18.8. The Bertz CT molecular complexity index is 1510. The van der Waals surface area contributed by atoms with Gasteiger partial charge in [-0.3, -0.25) is 0 Å². The highest BCUT2D eigenvalue weighted by molar-refractivity contribution is 5.66. The molecule has 5 aromatic rings. The highest BCUT2D eigenvalue weighted by Gasteiger charge is 2.33. The number of fused-ring (bicyclic) bond motifs is 4. The van der Waals surface area contributed by atoms with Gasteiger partial charge in [-0.15, -0.1) is 5.10 Å². The summed E-state index contributed by atoms with van der Waals surface area (Å²) in [5.74, 6) is 2.41. The summed E-state index contributed by atoms with van der Waals surface area (Å²) in [5, 5.41) is 14.6. The lowest BCUT2D eigenvalue weighted by atomic mass is 9.84. The fourth-order valence-corrected chi connectivity index (χ4v) is 4.56. The third-order valence-electron chi connectivity index (χ3n) is 6.12. The molecule has 0 amide bonds. The zero-order chi connectivity index (χ0) is 23.2. The molecule has 1 aliphatic rings. The molecule has 0 bridgehead atoms. The van der Waals surface area contributed by atoms with Gasteiger partial charge >= 0.3 is 0 Å². The average molecular weight is 450 g/mol. The summed E-state index contributed by atoms with van der Waals surface area (Å²) >= 11 is 0. The van der Waals surface area contributed by atoms with Crippen molar-refractivity contribution in [3.63, 3.8) is 0 Å². The van der Waals surface area contributed by atoms with Crippen LogP contribution in [0.25, 0.3) is 5.65 Å². The van der Waals surface area contributed by atoms with Crippen molar-refractivity contribution in [2.24, 2.45) is 0 Å². The second kappa shape index (κ2) is 7.88. The Balaban J connectivity index is 1.46. The van der Waals surface area contributed by atoms with Gasteiger partial charge < -0.3 is 14.6 Å². The molecule has 168 valence electrons. The van der Waals surface area contributed by atoms with Crippen molar-refractivity contribution in [3.05, 3.63) is 107 Å². The molecule has 0 saturated heterocycles. The van der Waals surface area contributed by atoms with Crippen LogP contribution in [0, 0.1) is 13.8 Å². The molecule has 7 heteroatoms. The van der Waals surface area contributed by atoms with Gasteiger partial charge in [0.1, 0.15) is 30.2 Å². The number of aromatic hydroxyl groups is 1. The molecule has 0 saturated carbocycles. The molecular weight excluding hydrogens is 428 g/mol. The van der Waals surface area contributed by atoms with Crippen LogP contribution in [-0.2, 0) is 6.61 Å². The molecule has 0 aliphatic carbocycles. The summed E-state index contributed by atoms with van der Waals surface area (Å²) in [4.78, 5) is 9.35. The largest absolute Gasteiger partial charge is 0.508 e. The number of aryl methyl sites for hydroxylation is 2. The second-order valence-electron chi connectivity index (χ2n) is 8.44. The quantitative estimate of drug-likeness (QED) is 0.392. The molecule has 0 fully saturated rings. The molecule has 0 spiro atoms. The standard InChI is InChI=1S/C27H22N4O3/c1-16-7-6-8-17(2)25(16)33-14-22-29-26-24-23(18-9-4-3-5-10-18)20-12-11-19(32)13-21(20)34-27(24)28-15-31(26)30-22/h3-13,15,23,32H,14H2,1-2H3/t23-/m0/s1. The van der Waals surface area contributed by atoms with Crippen LogP contribution in [0.2, 0.25) is 0 Å². The van der Waals surface area contributed by atoms with Gasteiger partial charge in [-0.25, -0.2) is 14.5 Å². The summed E-state index contributed by atoms with van der Waals surface area (Å²) in [5.41, 5.74) is 5.64. The van der Waals surface area contributed by atoms with Gasteiger partial charge in [0, 0.05) is 17.5 Å². The van der Waals surface area contributed by atoms with Crippen LogP contribution >= 0.6 is 0 Å². The predicted molar refractivity (Wildman–Crippen MR) is 127 cm³/mol. The molecule has 7 nitrogen and oxygen atoms in total. The molecule has 6 rings (SSSR count). The van der Waals surface area contributed by atoms with E-state index in [1.165, 1.54) is 0 Å². The van der Waals surface area contributed by atoms with Gasteiger partial charge in [0.15, 0.2) is 11.5 Å². The minimum absolute atomic E-state index is 0.142. The fraction of sp³-hybridized carbons (Fsp3) is 0.148. The molecule has 3 heterocycles. The molecule has 0 radical (unpaired) electrons. The first-order valence-corrected chi connectivity index (χ1v) is 11.1. The maximum absolute atomic E-state index is 10.0. The smallest absolute Gasteiger partial charge is 0.228 e. The summed E-state index contributed by atoms with van der Waals surface area (Å²) in [7, 11) is 0. The van der Waals surface area contributed by atoms with E-state index in [2.05, 4.69) is 22.2 Å². The van der Waals surface area contributed by atoms with E-state index in [9.17, 15) is 5.11 Å². The SMILES string of the molecule is Cc1cccc(C)c1OCc1nc2c3c(ncn2n1)Oc1cc(O)ccc1[C@@H]3c1ccccc1. The number of rotatable bonds is 4. The second-order valence-corrected chi connectivity index (χ2v) is 8.44. The topological polar surface area (TPSA) is 81.8 Å². The highest BCUT2D eigenvalue weighted by atomic mass is 16.5. The molecule has 3 aromatic carbocycles. The van der Waals surface area contributed by atoms with Crippen LogP contribution in [0.3, 0.4) is 0 Å². The van der Waals surface area contributed by atoms with E-state index in [-0.39, 0.29) is 18.3 Å². The molecule has 2 aromatic heterocycles. The molecular formula is C27H22N4O3. The lowest BCUT2D eigenvalue weighted by Crippen LogP contribution is -2.14. The summed E-state index contributed by atoms with van der Waals surface area (Å²) in [6.45, 7) is 4.29. The zero-order valence-electron chi connectivity index (χ0n) is 18.8.